The molecule has 0 amide bonds. The first-order valence-corrected chi connectivity index (χ1v) is 8.44. The van der Waals surface area contributed by atoms with Crippen molar-refractivity contribution in [3.63, 3.8) is 0 Å². The monoisotopic (exact) mass is 353 g/mol. The smallest absolute Gasteiger partial charge is 0.393 e. The fourth-order valence-corrected chi connectivity index (χ4v) is 3.14. The van der Waals surface area contributed by atoms with E-state index in [1.165, 1.54) is 0 Å². The minimum absolute atomic E-state index is 0.0720. The number of rotatable bonds is 8. The van der Waals surface area contributed by atoms with Crippen molar-refractivity contribution >= 4 is 16.0 Å². The first-order valence-electron chi connectivity index (χ1n) is 6.96. The summed E-state index contributed by atoms with van der Waals surface area (Å²) in [6.07, 6.45) is -4.17. The lowest BCUT2D eigenvalue weighted by molar-refractivity contribution is -0.139. The number of carboxylic acids is 1. The molecular formula is C14H18F3NO4S. The highest BCUT2D eigenvalue weighted by atomic mass is 32.2. The second kappa shape index (κ2) is 7.78. The molecule has 9 heteroatoms. The van der Waals surface area contributed by atoms with Crippen molar-refractivity contribution in [1.82, 2.24) is 4.72 Å². The van der Waals surface area contributed by atoms with E-state index in [2.05, 4.69) is 4.72 Å². The Balaban J connectivity index is 2.88. The third-order valence-electron chi connectivity index (χ3n) is 3.08. The number of aliphatic carboxylic acids is 1. The maximum absolute atomic E-state index is 12.3. The van der Waals surface area contributed by atoms with Gasteiger partial charge in [-0.25, -0.2) is 8.42 Å². The Morgan fingerprint density at radius 1 is 1.26 bits per heavy atom. The molecule has 0 fully saturated rings. The lowest BCUT2D eigenvalue weighted by Gasteiger charge is -2.14. The highest BCUT2D eigenvalue weighted by Gasteiger charge is 2.28. The number of benzene rings is 1. The van der Waals surface area contributed by atoms with Gasteiger partial charge >= 0.3 is 12.1 Å². The van der Waals surface area contributed by atoms with Crippen molar-refractivity contribution in [2.75, 3.05) is 0 Å². The van der Waals surface area contributed by atoms with Gasteiger partial charge in [0.05, 0.1) is 11.3 Å². The number of nitrogens with one attached hydrogen (secondary N) is 1. The fourth-order valence-electron chi connectivity index (χ4n) is 1.91. The van der Waals surface area contributed by atoms with E-state index >= 15 is 0 Å². The molecule has 0 aromatic heterocycles. The van der Waals surface area contributed by atoms with Crippen LogP contribution in [0.1, 0.15) is 31.7 Å². The van der Waals surface area contributed by atoms with Crippen molar-refractivity contribution in [3.8, 4) is 0 Å². The van der Waals surface area contributed by atoms with E-state index in [1.807, 2.05) is 6.92 Å². The highest BCUT2D eigenvalue weighted by Crippen LogP contribution is 2.22. The lowest BCUT2D eigenvalue weighted by atomic mass is 10.1. The van der Waals surface area contributed by atoms with E-state index in [-0.39, 0.29) is 16.9 Å². The quantitative estimate of drug-likeness (QED) is 0.753. The van der Waals surface area contributed by atoms with Gasteiger partial charge in [-0.05, 0) is 24.1 Å². The van der Waals surface area contributed by atoms with Crippen LogP contribution in [0.2, 0.25) is 0 Å². The second-order valence-corrected chi connectivity index (χ2v) is 6.80. The van der Waals surface area contributed by atoms with E-state index in [0.717, 1.165) is 24.3 Å². The average molecular weight is 353 g/mol. The van der Waals surface area contributed by atoms with Crippen molar-refractivity contribution in [1.29, 1.82) is 0 Å². The van der Waals surface area contributed by atoms with Crippen LogP contribution in [0.4, 0.5) is 13.2 Å². The molecule has 1 unspecified atom stereocenters. The number of carbonyl (C=O) groups is 1. The Morgan fingerprint density at radius 2 is 1.83 bits per heavy atom. The van der Waals surface area contributed by atoms with Crippen LogP contribution in [0.3, 0.4) is 0 Å². The van der Waals surface area contributed by atoms with Crippen LogP contribution < -0.4 is 4.72 Å². The van der Waals surface area contributed by atoms with Gasteiger partial charge in [0.15, 0.2) is 0 Å². The van der Waals surface area contributed by atoms with Gasteiger partial charge in [-0.2, -0.15) is 17.9 Å². The van der Waals surface area contributed by atoms with E-state index in [1.54, 1.807) is 0 Å². The number of sulfonamides is 1. The summed E-state index contributed by atoms with van der Waals surface area (Å²) in [5.74, 6) is -1.30. The molecule has 0 aliphatic heterocycles. The van der Waals surface area contributed by atoms with Gasteiger partial charge in [0, 0.05) is 0 Å². The van der Waals surface area contributed by atoms with Crippen LogP contribution in [0.25, 0.3) is 0 Å². The largest absolute Gasteiger partial charge is 0.480 e. The number of carboxylic acid groups (broad SMARTS) is 1. The number of hydrogen-bond donors (Lipinski definition) is 2. The zero-order valence-corrected chi connectivity index (χ0v) is 13.2. The maximum atomic E-state index is 12.3. The molecule has 0 saturated carbocycles. The molecule has 0 aliphatic carbocycles. The van der Waals surface area contributed by atoms with Crippen LogP contribution in [0.15, 0.2) is 29.2 Å². The minimum atomic E-state index is -4.38. The van der Waals surface area contributed by atoms with Gasteiger partial charge < -0.3 is 5.11 Å². The Morgan fingerprint density at radius 3 is 2.26 bits per heavy atom. The minimum Gasteiger partial charge on any atom is -0.480 e. The number of hydrogen-bond acceptors (Lipinski definition) is 3. The number of alkyl halides is 3. The van der Waals surface area contributed by atoms with Gasteiger partial charge in [0.25, 0.3) is 0 Å². The third-order valence-corrected chi connectivity index (χ3v) is 4.57. The van der Waals surface area contributed by atoms with E-state index in [0.29, 0.717) is 12.8 Å². The summed E-state index contributed by atoms with van der Waals surface area (Å²) in [5.41, 5.74) is -0.0720. The summed E-state index contributed by atoms with van der Waals surface area (Å²) in [6, 6.07) is 2.91. The van der Waals surface area contributed by atoms with Crippen LogP contribution in [-0.2, 0) is 21.2 Å². The van der Waals surface area contributed by atoms with Crippen molar-refractivity contribution in [2.24, 2.45) is 0 Å². The topological polar surface area (TPSA) is 83.5 Å². The predicted octanol–water partition coefficient (Wildman–Crippen LogP) is 2.71. The molecule has 2 N–H and O–H groups in total. The summed E-state index contributed by atoms with van der Waals surface area (Å²) < 4.78 is 63.1. The number of halogens is 3. The highest BCUT2D eigenvalue weighted by molar-refractivity contribution is 7.89. The Kier molecular flexibility index (Phi) is 6.57. The van der Waals surface area contributed by atoms with Gasteiger partial charge in [0.2, 0.25) is 10.0 Å². The standard InChI is InChI=1S/C14H18F3NO4S/c1-2-3-4-12(13(19)20)18-23(21,22)11-7-5-10(6-8-11)9-14(15,16)17/h5-8,12,18H,2-4,9H2,1H3,(H,19,20). The van der Waals surface area contributed by atoms with Crippen LogP contribution in [-0.4, -0.2) is 31.7 Å². The van der Waals surface area contributed by atoms with Crippen molar-refractivity contribution in [3.05, 3.63) is 29.8 Å². The molecule has 0 saturated heterocycles. The molecule has 1 rings (SSSR count). The molecule has 0 spiro atoms. The first kappa shape index (κ1) is 19.4. The normalized spacial score (nSPS) is 13.7. The lowest BCUT2D eigenvalue weighted by Crippen LogP contribution is -2.40. The van der Waals surface area contributed by atoms with Gasteiger partial charge in [0.1, 0.15) is 6.04 Å². The van der Waals surface area contributed by atoms with Gasteiger partial charge in [-0.15, -0.1) is 0 Å². The number of unbranched alkanes of at least 4 members (excludes halogenated alkanes) is 1. The zero-order chi connectivity index (χ0) is 17.7. The SMILES string of the molecule is CCCCC(NS(=O)(=O)c1ccc(CC(F)(F)F)cc1)C(=O)O. The molecule has 23 heavy (non-hydrogen) atoms. The maximum Gasteiger partial charge on any atom is 0.393 e. The van der Waals surface area contributed by atoms with E-state index < -0.39 is 34.6 Å². The molecule has 1 aromatic rings. The molecule has 1 aromatic carbocycles. The average Bonchev–Trinajstić information content (AvgIpc) is 2.42. The first-order chi connectivity index (χ1) is 10.5. The molecular weight excluding hydrogens is 335 g/mol. The van der Waals surface area contributed by atoms with Crippen molar-refractivity contribution in [2.45, 2.75) is 49.7 Å². The Labute approximate surface area is 132 Å². The molecule has 0 aliphatic rings. The third kappa shape index (κ3) is 6.57. The Bertz CT molecular complexity index is 626. The molecule has 1 atom stereocenters. The van der Waals surface area contributed by atoms with Gasteiger partial charge in [-0.3, -0.25) is 4.79 Å². The van der Waals surface area contributed by atoms with Crippen molar-refractivity contribution < 1.29 is 31.5 Å². The summed E-state index contributed by atoms with van der Waals surface area (Å²) in [5, 5.41) is 9.03. The van der Waals surface area contributed by atoms with E-state index in [4.69, 9.17) is 5.11 Å². The fraction of sp³-hybridized carbons (Fsp3) is 0.500. The summed E-state index contributed by atoms with van der Waals surface area (Å²) >= 11 is 0. The summed E-state index contributed by atoms with van der Waals surface area (Å²) in [6.45, 7) is 1.84. The summed E-state index contributed by atoms with van der Waals surface area (Å²) in [4.78, 5) is 10.8. The molecule has 130 valence electrons. The second-order valence-electron chi connectivity index (χ2n) is 5.09. The molecule has 0 heterocycles. The molecule has 0 bridgehead atoms. The van der Waals surface area contributed by atoms with E-state index in [9.17, 15) is 26.4 Å². The van der Waals surface area contributed by atoms with Crippen LogP contribution >= 0.6 is 0 Å². The molecule has 5 nitrogen and oxygen atoms in total. The van der Waals surface area contributed by atoms with Gasteiger partial charge in [-0.1, -0.05) is 31.9 Å². The Hall–Kier alpha value is -1.61. The van der Waals surface area contributed by atoms with Crippen LogP contribution in [0.5, 0.6) is 0 Å². The summed E-state index contributed by atoms with van der Waals surface area (Å²) in [7, 11) is -4.11. The molecule has 0 radical (unpaired) electrons. The zero-order valence-electron chi connectivity index (χ0n) is 12.4. The predicted molar refractivity (Wildman–Crippen MR) is 77.5 cm³/mol. The van der Waals surface area contributed by atoms with Crippen LogP contribution in [0, 0.1) is 0 Å².